The summed E-state index contributed by atoms with van der Waals surface area (Å²) < 4.78 is 47.5. The van der Waals surface area contributed by atoms with Crippen molar-refractivity contribution in [3.63, 3.8) is 0 Å². The van der Waals surface area contributed by atoms with Gasteiger partial charge in [0, 0.05) is 17.4 Å². The van der Waals surface area contributed by atoms with Gasteiger partial charge in [-0.25, -0.2) is 19.3 Å². The summed E-state index contributed by atoms with van der Waals surface area (Å²) >= 11 is 0. The standard InChI is InChI=1S/C33H37F3N6O3/c1-20-28(30(43)45-4)29(42-31(38-39-32(42)44)41(20)25-12-8-11-24(18-25)33(34,35)36)26-15-13-21(19-37)17-23(26)14-16-27(40(2)3)22-9-6-5-7-10-22/h8,11-13,15,17-18,22,27,29H,5-7,9-10,14,16H2,1-4H3,(H,39,44)/t27?,29-/m1/s1. The lowest BCUT2D eigenvalue weighted by molar-refractivity contribution is -0.138. The van der Waals surface area contributed by atoms with Crippen LogP contribution in [0.3, 0.4) is 0 Å². The van der Waals surface area contributed by atoms with Gasteiger partial charge in [-0.2, -0.15) is 18.4 Å². The third kappa shape index (κ3) is 6.27. The van der Waals surface area contributed by atoms with Gasteiger partial charge in [0.05, 0.1) is 29.9 Å². The SMILES string of the molecule is COC(=O)C1=C(C)N(c2cccc(C(F)(F)F)c2)c2n[nH]c(=O)n2[C@@H]1c1ccc(C#N)cc1CCC(C1CCCCC1)N(C)C. The number of anilines is 2. The lowest BCUT2D eigenvalue weighted by Crippen LogP contribution is -2.38. The number of H-pyrrole nitrogens is 1. The highest BCUT2D eigenvalue weighted by Crippen LogP contribution is 2.44. The number of esters is 1. The second kappa shape index (κ2) is 12.9. The molecule has 238 valence electrons. The number of allylic oxidation sites excluding steroid dienone is 1. The Bertz CT molecular complexity index is 1690. The molecule has 5 rings (SSSR count). The number of benzene rings is 2. The molecule has 2 atom stereocenters. The molecule has 3 aromatic rings. The Kier molecular flexibility index (Phi) is 9.20. The van der Waals surface area contributed by atoms with Crippen molar-refractivity contribution in [1.82, 2.24) is 19.7 Å². The monoisotopic (exact) mass is 622 g/mol. The number of nitriles is 1. The molecule has 1 unspecified atom stereocenters. The summed E-state index contributed by atoms with van der Waals surface area (Å²) in [6, 6.07) is 11.3. The van der Waals surface area contributed by atoms with Crippen LogP contribution in [-0.2, 0) is 22.1 Å². The van der Waals surface area contributed by atoms with E-state index in [0.717, 1.165) is 37.0 Å². The summed E-state index contributed by atoms with van der Waals surface area (Å²) in [5.74, 6) is -0.169. The van der Waals surface area contributed by atoms with Crippen LogP contribution in [0.1, 0.15) is 73.7 Å². The fourth-order valence-corrected chi connectivity index (χ4v) is 6.97. The van der Waals surface area contributed by atoms with E-state index in [1.165, 1.54) is 48.0 Å². The van der Waals surface area contributed by atoms with Crippen LogP contribution in [0.25, 0.3) is 0 Å². The summed E-state index contributed by atoms with van der Waals surface area (Å²) in [4.78, 5) is 30.5. The van der Waals surface area contributed by atoms with E-state index in [1.807, 2.05) is 0 Å². The third-order valence-corrected chi connectivity index (χ3v) is 9.11. The number of ether oxygens (including phenoxy) is 1. The van der Waals surface area contributed by atoms with E-state index < -0.39 is 29.4 Å². The Hall–Kier alpha value is -4.37. The van der Waals surface area contributed by atoms with E-state index in [-0.39, 0.29) is 22.9 Å². The Morgan fingerprint density at radius 2 is 1.91 bits per heavy atom. The van der Waals surface area contributed by atoms with Crippen LogP contribution in [0.5, 0.6) is 0 Å². The zero-order chi connectivity index (χ0) is 32.5. The van der Waals surface area contributed by atoms with Crippen LogP contribution in [0.4, 0.5) is 24.8 Å². The normalized spacial score (nSPS) is 18.1. The number of rotatable bonds is 8. The number of fused-ring (bicyclic) bond motifs is 1. The van der Waals surface area contributed by atoms with Gasteiger partial charge in [-0.3, -0.25) is 4.90 Å². The smallest absolute Gasteiger partial charge is 0.416 e. The van der Waals surface area contributed by atoms with Crippen molar-refractivity contribution in [3.8, 4) is 6.07 Å². The molecule has 0 radical (unpaired) electrons. The molecule has 1 aliphatic carbocycles. The van der Waals surface area contributed by atoms with Gasteiger partial charge >= 0.3 is 17.8 Å². The van der Waals surface area contributed by atoms with Crippen LogP contribution in [-0.4, -0.2) is 52.9 Å². The summed E-state index contributed by atoms with van der Waals surface area (Å²) in [6.07, 6.45) is 2.73. The molecule has 1 fully saturated rings. The van der Waals surface area contributed by atoms with E-state index in [1.54, 1.807) is 25.1 Å². The van der Waals surface area contributed by atoms with E-state index in [0.29, 0.717) is 29.5 Å². The highest BCUT2D eigenvalue weighted by molar-refractivity contribution is 5.93. The van der Waals surface area contributed by atoms with Gasteiger partial charge in [0.1, 0.15) is 6.04 Å². The first kappa shape index (κ1) is 32.0. The number of nitrogens with one attached hydrogen (secondary N) is 1. The highest BCUT2D eigenvalue weighted by atomic mass is 19.4. The van der Waals surface area contributed by atoms with Crippen molar-refractivity contribution < 1.29 is 22.7 Å². The van der Waals surface area contributed by atoms with Crippen molar-refractivity contribution >= 4 is 17.6 Å². The number of carbonyl (C=O) groups is 1. The highest BCUT2D eigenvalue weighted by Gasteiger charge is 2.41. The second-order valence-corrected chi connectivity index (χ2v) is 12.0. The molecule has 1 aromatic heterocycles. The first-order chi connectivity index (χ1) is 21.5. The predicted molar refractivity (Wildman–Crippen MR) is 163 cm³/mol. The van der Waals surface area contributed by atoms with Crippen molar-refractivity contribution in [2.24, 2.45) is 5.92 Å². The van der Waals surface area contributed by atoms with Crippen LogP contribution in [0, 0.1) is 17.2 Å². The zero-order valence-corrected chi connectivity index (χ0v) is 25.8. The molecule has 2 heterocycles. The number of aromatic amines is 1. The van der Waals surface area contributed by atoms with Crippen LogP contribution in [0.15, 0.2) is 58.5 Å². The van der Waals surface area contributed by atoms with Gasteiger partial charge < -0.3 is 9.64 Å². The Balaban J connectivity index is 1.65. The van der Waals surface area contributed by atoms with Crippen molar-refractivity contribution in [2.45, 2.75) is 70.1 Å². The zero-order valence-electron chi connectivity index (χ0n) is 25.8. The van der Waals surface area contributed by atoms with E-state index in [9.17, 15) is 28.0 Å². The Morgan fingerprint density at radius 1 is 1.18 bits per heavy atom. The number of aryl methyl sites for hydroxylation is 1. The summed E-state index contributed by atoms with van der Waals surface area (Å²) in [5.41, 5.74) is 0.727. The minimum absolute atomic E-state index is 0.0261. The summed E-state index contributed by atoms with van der Waals surface area (Å²) in [5, 5.41) is 16.4. The molecule has 0 amide bonds. The number of halogens is 3. The fourth-order valence-electron chi connectivity index (χ4n) is 6.97. The molecule has 0 saturated heterocycles. The van der Waals surface area contributed by atoms with Gasteiger partial charge in [-0.05, 0) is 94.1 Å². The number of hydrogen-bond acceptors (Lipinski definition) is 7. The number of alkyl halides is 3. The summed E-state index contributed by atoms with van der Waals surface area (Å²) in [7, 11) is 5.37. The van der Waals surface area contributed by atoms with Crippen molar-refractivity contribution in [2.75, 3.05) is 26.1 Å². The average Bonchev–Trinajstić information content (AvgIpc) is 3.40. The van der Waals surface area contributed by atoms with Gasteiger partial charge in [-0.15, -0.1) is 5.10 Å². The van der Waals surface area contributed by atoms with Gasteiger partial charge in [0.15, 0.2) is 0 Å². The molecule has 0 spiro atoms. The van der Waals surface area contributed by atoms with E-state index in [2.05, 4.69) is 35.3 Å². The molecular weight excluding hydrogens is 585 g/mol. The van der Waals surface area contributed by atoms with E-state index >= 15 is 0 Å². The van der Waals surface area contributed by atoms with Gasteiger partial charge in [0.2, 0.25) is 5.95 Å². The predicted octanol–water partition coefficient (Wildman–Crippen LogP) is 6.09. The third-order valence-electron chi connectivity index (χ3n) is 9.11. The van der Waals surface area contributed by atoms with Crippen LogP contribution in [0.2, 0.25) is 0 Å². The maximum Gasteiger partial charge on any atom is 0.416 e. The Morgan fingerprint density at radius 3 is 2.56 bits per heavy atom. The van der Waals surface area contributed by atoms with Crippen molar-refractivity contribution in [1.29, 1.82) is 5.26 Å². The average molecular weight is 623 g/mol. The van der Waals surface area contributed by atoms with Crippen molar-refractivity contribution in [3.05, 3.63) is 86.5 Å². The first-order valence-corrected chi connectivity index (χ1v) is 15.1. The second-order valence-electron chi connectivity index (χ2n) is 12.0. The molecular formula is C33H37F3N6O3. The van der Waals surface area contributed by atoms with Gasteiger partial charge in [-0.1, -0.05) is 31.4 Å². The first-order valence-electron chi connectivity index (χ1n) is 15.1. The minimum Gasteiger partial charge on any atom is -0.466 e. The molecule has 2 aromatic carbocycles. The molecule has 1 aliphatic heterocycles. The molecule has 0 bridgehead atoms. The topological polar surface area (TPSA) is 107 Å². The quantitative estimate of drug-likeness (QED) is 0.303. The Labute approximate surface area is 259 Å². The lowest BCUT2D eigenvalue weighted by Gasteiger charge is -2.37. The number of nitrogens with zero attached hydrogens (tertiary/aromatic N) is 5. The van der Waals surface area contributed by atoms with E-state index in [4.69, 9.17) is 4.74 Å². The lowest BCUT2D eigenvalue weighted by atomic mass is 9.80. The number of methoxy groups -OCH3 is 1. The fraction of sp³-hybridized carbons (Fsp3) is 0.455. The van der Waals surface area contributed by atoms with Gasteiger partial charge in [0.25, 0.3) is 0 Å². The molecule has 1 saturated carbocycles. The molecule has 1 N–H and O–H groups in total. The molecule has 45 heavy (non-hydrogen) atoms. The number of aromatic nitrogens is 3. The largest absolute Gasteiger partial charge is 0.466 e. The minimum atomic E-state index is -4.61. The van der Waals surface area contributed by atoms with Crippen LogP contribution < -0.4 is 10.6 Å². The number of hydrogen-bond donors (Lipinski definition) is 1. The summed E-state index contributed by atoms with van der Waals surface area (Å²) in [6.45, 7) is 1.59. The number of carbonyl (C=O) groups excluding carboxylic acids is 1. The molecule has 2 aliphatic rings. The molecule has 9 nitrogen and oxygen atoms in total. The van der Waals surface area contributed by atoms with Crippen LogP contribution >= 0.6 is 0 Å². The maximum absolute atomic E-state index is 13.7. The molecule has 12 heteroatoms. The maximum atomic E-state index is 13.7.